The van der Waals surface area contributed by atoms with Crippen molar-refractivity contribution >= 4 is 11.8 Å². The largest absolute Gasteiger partial charge is 0.457 e. The molecule has 0 unspecified atom stereocenters. The fraction of sp³-hybridized carbons (Fsp3) is 0.375. The first-order valence-electron chi connectivity index (χ1n) is 11.1. The summed E-state index contributed by atoms with van der Waals surface area (Å²) in [6.45, 7) is 1.39. The van der Waals surface area contributed by atoms with E-state index in [2.05, 4.69) is 15.6 Å². The Bertz CT molecular complexity index is 1100. The molecule has 5 rings (SSSR count). The minimum atomic E-state index is -0.563. The van der Waals surface area contributed by atoms with E-state index in [4.69, 9.17) is 18.9 Å². The van der Waals surface area contributed by atoms with Crippen LogP contribution < -0.4 is 10.1 Å². The van der Waals surface area contributed by atoms with Crippen LogP contribution in [0.4, 0.5) is 10.5 Å². The van der Waals surface area contributed by atoms with Crippen LogP contribution in [-0.4, -0.2) is 71.6 Å². The number of hydrogen-bond donors (Lipinski definition) is 1. The number of nitrogens with one attached hydrogen (secondary N) is 1. The fourth-order valence-electron chi connectivity index (χ4n) is 4.16. The van der Waals surface area contributed by atoms with Crippen molar-refractivity contribution in [2.45, 2.75) is 30.9 Å². The zero-order valence-electron chi connectivity index (χ0n) is 19.0. The Morgan fingerprint density at radius 2 is 1.79 bits per heavy atom. The highest BCUT2D eigenvalue weighted by Crippen LogP contribution is 2.35. The van der Waals surface area contributed by atoms with E-state index in [1.54, 1.807) is 28.9 Å². The fourth-order valence-corrected chi connectivity index (χ4v) is 4.16. The van der Waals surface area contributed by atoms with Gasteiger partial charge in [-0.1, -0.05) is 23.4 Å². The lowest BCUT2D eigenvalue weighted by atomic mass is 10.1. The molecule has 0 radical (unpaired) electrons. The molecule has 34 heavy (non-hydrogen) atoms. The molecule has 1 aromatic heterocycles. The monoisotopic (exact) mass is 465 g/mol. The topological polar surface area (TPSA) is 100.0 Å². The van der Waals surface area contributed by atoms with Crippen molar-refractivity contribution in [3.8, 4) is 11.5 Å². The van der Waals surface area contributed by atoms with Crippen LogP contribution in [0.3, 0.4) is 0 Å². The Balaban J connectivity index is 1.14. The summed E-state index contributed by atoms with van der Waals surface area (Å²) in [6.07, 6.45) is 0.249. The number of hydrogen-bond acceptors (Lipinski definition) is 8. The summed E-state index contributed by atoms with van der Waals surface area (Å²) in [7, 11) is 3.96. The first-order valence-corrected chi connectivity index (χ1v) is 11.1. The van der Waals surface area contributed by atoms with E-state index in [0.29, 0.717) is 24.6 Å². The van der Waals surface area contributed by atoms with Crippen molar-refractivity contribution in [3.05, 3.63) is 66.5 Å². The highest BCUT2D eigenvalue weighted by molar-refractivity contribution is 5.84. The lowest BCUT2D eigenvalue weighted by molar-refractivity contribution is 0.00770. The van der Waals surface area contributed by atoms with E-state index < -0.39 is 12.2 Å². The van der Waals surface area contributed by atoms with Gasteiger partial charge in [-0.25, -0.2) is 9.48 Å². The minimum Gasteiger partial charge on any atom is -0.457 e. The van der Waals surface area contributed by atoms with Crippen molar-refractivity contribution in [1.82, 2.24) is 19.9 Å². The predicted molar refractivity (Wildman–Crippen MR) is 123 cm³/mol. The van der Waals surface area contributed by atoms with Crippen LogP contribution in [0.5, 0.6) is 11.5 Å². The second-order valence-corrected chi connectivity index (χ2v) is 8.60. The van der Waals surface area contributed by atoms with Gasteiger partial charge in [0.25, 0.3) is 0 Å². The first-order chi connectivity index (χ1) is 16.5. The molecule has 0 saturated carbocycles. The molecule has 178 valence electrons. The number of anilines is 1. The SMILES string of the molecule is CN(C)Cc1cn([C@H]2CO[C@H]3[C@@H]2OC[C@H]3OC(=O)Nc2ccc(Oc3ccccc3)cc2)nn1. The van der Waals surface area contributed by atoms with Crippen LogP contribution in [0.25, 0.3) is 0 Å². The first kappa shape index (κ1) is 22.3. The normalized spacial score (nSPS) is 23.6. The molecule has 10 heteroatoms. The molecule has 4 atom stereocenters. The Labute approximate surface area is 197 Å². The maximum absolute atomic E-state index is 12.5. The number of carbonyl (C=O) groups excluding carboxylic acids is 1. The summed E-state index contributed by atoms with van der Waals surface area (Å²) >= 11 is 0. The second kappa shape index (κ2) is 9.80. The summed E-state index contributed by atoms with van der Waals surface area (Å²) in [5, 5.41) is 11.2. The molecule has 0 aliphatic carbocycles. The number of benzene rings is 2. The van der Waals surface area contributed by atoms with Crippen LogP contribution in [0.1, 0.15) is 11.7 Å². The molecule has 1 amide bonds. The number of rotatable bonds is 7. The van der Waals surface area contributed by atoms with E-state index in [1.807, 2.05) is 55.5 Å². The van der Waals surface area contributed by atoms with Gasteiger partial charge in [-0.05, 0) is 50.5 Å². The summed E-state index contributed by atoms with van der Waals surface area (Å²) in [6, 6.07) is 16.5. The molecule has 3 aromatic rings. The lowest BCUT2D eigenvalue weighted by Gasteiger charge is -2.17. The van der Waals surface area contributed by atoms with Crippen molar-refractivity contribution in [2.24, 2.45) is 0 Å². The van der Waals surface area contributed by atoms with Gasteiger partial charge in [0.05, 0.1) is 25.1 Å². The zero-order chi connectivity index (χ0) is 23.5. The van der Waals surface area contributed by atoms with Crippen LogP contribution in [0.2, 0.25) is 0 Å². The number of para-hydroxylation sites is 1. The maximum Gasteiger partial charge on any atom is 0.412 e. The van der Waals surface area contributed by atoms with Crippen molar-refractivity contribution in [3.63, 3.8) is 0 Å². The van der Waals surface area contributed by atoms with E-state index in [9.17, 15) is 4.79 Å². The van der Waals surface area contributed by atoms with Gasteiger partial charge in [-0.15, -0.1) is 5.10 Å². The average Bonchev–Trinajstić information content (AvgIpc) is 3.53. The van der Waals surface area contributed by atoms with Crippen LogP contribution in [-0.2, 0) is 20.8 Å². The Hall–Kier alpha value is -3.47. The summed E-state index contributed by atoms with van der Waals surface area (Å²) in [4.78, 5) is 14.5. The standard InChI is InChI=1S/C24H27N5O5/c1-28(2)12-17-13-29(27-26-17)20-14-31-23-21(15-32-22(20)23)34-24(30)25-16-8-10-19(11-9-16)33-18-6-4-3-5-7-18/h3-11,13,20-23H,12,14-15H2,1-2H3,(H,25,30)/t20-,21+,22+,23+/m0/s1. The molecule has 2 aliphatic rings. The van der Waals surface area contributed by atoms with E-state index >= 15 is 0 Å². The Kier molecular flexibility index (Phi) is 6.43. The highest BCUT2D eigenvalue weighted by Gasteiger charge is 2.50. The van der Waals surface area contributed by atoms with Gasteiger partial charge in [0.2, 0.25) is 0 Å². The third-order valence-electron chi connectivity index (χ3n) is 5.70. The van der Waals surface area contributed by atoms with Gasteiger partial charge < -0.3 is 23.8 Å². The van der Waals surface area contributed by atoms with Gasteiger partial charge in [0.1, 0.15) is 29.7 Å². The molecule has 2 saturated heterocycles. The number of carbonyl (C=O) groups is 1. The number of nitrogens with zero attached hydrogens (tertiary/aromatic N) is 4. The predicted octanol–water partition coefficient (Wildman–Crippen LogP) is 3.09. The average molecular weight is 466 g/mol. The van der Waals surface area contributed by atoms with Gasteiger partial charge in [-0.2, -0.15) is 0 Å². The molecule has 3 heterocycles. The van der Waals surface area contributed by atoms with Gasteiger partial charge in [0, 0.05) is 12.2 Å². The number of fused-ring (bicyclic) bond motifs is 1. The van der Waals surface area contributed by atoms with Crippen LogP contribution in [0, 0.1) is 0 Å². The van der Waals surface area contributed by atoms with Gasteiger partial charge >= 0.3 is 6.09 Å². The number of amides is 1. The van der Waals surface area contributed by atoms with E-state index in [1.165, 1.54) is 0 Å². The smallest absolute Gasteiger partial charge is 0.412 e. The molecule has 0 bridgehead atoms. The third-order valence-corrected chi connectivity index (χ3v) is 5.70. The summed E-state index contributed by atoms with van der Waals surface area (Å²) in [5.41, 5.74) is 1.47. The molecular weight excluding hydrogens is 438 g/mol. The molecule has 1 N–H and O–H groups in total. The molecule has 2 aliphatic heterocycles. The van der Waals surface area contributed by atoms with Crippen molar-refractivity contribution in [2.75, 3.05) is 32.6 Å². The van der Waals surface area contributed by atoms with Crippen LogP contribution in [0.15, 0.2) is 60.8 Å². The maximum atomic E-state index is 12.5. The Morgan fingerprint density at radius 3 is 2.56 bits per heavy atom. The molecule has 0 spiro atoms. The molecule has 2 fully saturated rings. The van der Waals surface area contributed by atoms with Crippen molar-refractivity contribution < 1.29 is 23.7 Å². The summed E-state index contributed by atoms with van der Waals surface area (Å²) in [5.74, 6) is 1.41. The Morgan fingerprint density at radius 1 is 1.06 bits per heavy atom. The quantitative estimate of drug-likeness (QED) is 0.568. The highest BCUT2D eigenvalue weighted by atomic mass is 16.6. The van der Waals surface area contributed by atoms with E-state index in [0.717, 1.165) is 11.4 Å². The van der Waals surface area contributed by atoms with Gasteiger partial charge in [0.15, 0.2) is 6.10 Å². The van der Waals surface area contributed by atoms with Crippen LogP contribution >= 0.6 is 0 Å². The number of aromatic nitrogens is 3. The minimum absolute atomic E-state index is 0.109. The lowest BCUT2D eigenvalue weighted by Crippen LogP contribution is -2.34. The molecule has 10 nitrogen and oxygen atoms in total. The number of ether oxygens (including phenoxy) is 4. The third kappa shape index (κ3) is 5.04. The van der Waals surface area contributed by atoms with E-state index in [-0.39, 0.29) is 24.9 Å². The van der Waals surface area contributed by atoms with Crippen molar-refractivity contribution in [1.29, 1.82) is 0 Å². The summed E-state index contributed by atoms with van der Waals surface area (Å²) < 4.78 is 25.0. The van der Waals surface area contributed by atoms with Gasteiger partial charge in [-0.3, -0.25) is 5.32 Å². The second-order valence-electron chi connectivity index (χ2n) is 8.60. The molecule has 2 aromatic carbocycles. The molecular formula is C24H27N5O5. The zero-order valence-corrected chi connectivity index (χ0v) is 19.0.